The first-order valence-corrected chi connectivity index (χ1v) is 8.62. The Hall–Kier alpha value is -3.59. The molecule has 0 heterocycles. The van der Waals surface area contributed by atoms with Crippen molar-refractivity contribution in [3.05, 3.63) is 77.5 Å². The summed E-state index contributed by atoms with van der Waals surface area (Å²) in [5, 5.41) is 23.6. The summed E-state index contributed by atoms with van der Waals surface area (Å²) in [5.41, 5.74) is 1.60. The van der Waals surface area contributed by atoms with Crippen LogP contribution in [0, 0.1) is 11.3 Å². The lowest BCUT2D eigenvalue weighted by Gasteiger charge is -2.06. The predicted molar refractivity (Wildman–Crippen MR) is 103 cm³/mol. The summed E-state index contributed by atoms with van der Waals surface area (Å²) in [5.74, 6) is -1.67. The highest BCUT2D eigenvalue weighted by Crippen LogP contribution is 2.12. The molecule has 0 atom stereocenters. The summed E-state index contributed by atoms with van der Waals surface area (Å²) in [6.07, 6.45) is 4.28. The molecule has 0 aliphatic heterocycles. The Morgan fingerprint density at radius 3 is 2.56 bits per heavy atom. The van der Waals surface area contributed by atoms with Gasteiger partial charge in [0.1, 0.15) is 11.6 Å². The minimum absolute atomic E-state index is 0.0619. The molecule has 0 aliphatic carbocycles. The zero-order valence-corrected chi connectivity index (χ0v) is 14.8. The molecule has 27 heavy (non-hydrogen) atoms. The van der Waals surface area contributed by atoms with Gasteiger partial charge in [-0.2, -0.15) is 5.26 Å². The van der Waals surface area contributed by atoms with Gasteiger partial charge in [0.2, 0.25) is 0 Å². The van der Waals surface area contributed by atoms with Crippen LogP contribution in [0.3, 0.4) is 0 Å². The largest absolute Gasteiger partial charge is 0.478 e. The van der Waals surface area contributed by atoms with Gasteiger partial charge in [0.25, 0.3) is 5.91 Å². The number of nitrogens with one attached hydrogen (secondary N) is 2. The van der Waals surface area contributed by atoms with E-state index < -0.39 is 11.9 Å². The van der Waals surface area contributed by atoms with Gasteiger partial charge < -0.3 is 15.7 Å². The van der Waals surface area contributed by atoms with Gasteiger partial charge in [0.15, 0.2) is 0 Å². The molecular weight excluding hydrogens is 342 g/mol. The van der Waals surface area contributed by atoms with E-state index >= 15 is 0 Å². The molecule has 0 radical (unpaired) electrons. The van der Waals surface area contributed by atoms with Crippen LogP contribution in [-0.4, -0.2) is 23.5 Å². The summed E-state index contributed by atoms with van der Waals surface area (Å²) in [4.78, 5) is 23.1. The van der Waals surface area contributed by atoms with Crippen molar-refractivity contribution in [2.24, 2.45) is 0 Å². The van der Waals surface area contributed by atoms with Gasteiger partial charge >= 0.3 is 5.97 Å². The topological polar surface area (TPSA) is 102 Å². The Kier molecular flexibility index (Phi) is 7.61. The van der Waals surface area contributed by atoms with Gasteiger partial charge in [-0.05, 0) is 43.0 Å². The molecule has 0 aromatic heterocycles. The molecule has 138 valence electrons. The van der Waals surface area contributed by atoms with E-state index in [0.29, 0.717) is 12.2 Å². The molecule has 0 unspecified atom stereocenters. The standard InChI is InChI=1S/C21H21N3O3/c22-14-18(15-23-12-5-4-9-16-7-2-1-3-8-16)20(25)24-19-11-6-10-17(13-19)21(26)27/h1-3,6-8,10-11,13,15,23H,4-5,9,12H2,(H,24,25)(H,26,27)/b18-15-. The second-order valence-corrected chi connectivity index (χ2v) is 5.91. The number of carbonyl (C=O) groups is 2. The normalized spacial score (nSPS) is 10.7. The molecule has 0 bridgehead atoms. The Bertz CT molecular complexity index is 854. The second kappa shape index (κ2) is 10.4. The molecule has 2 aromatic rings. The number of aromatic carboxylic acids is 1. The van der Waals surface area contributed by atoms with Crippen molar-refractivity contribution in [3.8, 4) is 6.07 Å². The first kappa shape index (κ1) is 19.7. The van der Waals surface area contributed by atoms with E-state index in [0.717, 1.165) is 19.3 Å². The van der Waals surface area contributed by atoms with Crippen LogP contribution in [0.1, 0.15) is 28.8 Å². The van der Waals surface area contributed by atoms with E-state index in [4.69, 9.17) is 10.4 Å². The first-order valence-electron chi connectivity index (χ1n) is 8.62. The number of nitriles is 1. The van der Waals surface area contributed by atoms with Crippen molar-refractivity contribution in [1.82, 2.24) is 5.32 Å². The third-order valence-corrected chi connectivity index (χ3v) is 3.86. The molecule has 2 aromatic carbocycles. The number of hydrogen-bond donors (Lipinski definition) is 3. The van der Waals surface area contributed by atoms with Gasteiger partial charge in [0, 0.05) is 18.4 Å². The zero-order chi connectivity index (χ0) is 19.5. The van der Waals surface area contributed by atoms with E-state index in [9.17, 15) is 9.59 Å². The highest BCUT2D eigenvalue weighted by atomic mass is 16.4. The van der Waals surface area contributed by atoms with E-state index in [1.165, 1.54) is 30.0 Å². The van der Waals surface area contributed by atoms with Crippen molar-refractivity contribution in [2.45, 2.75) is 19.3 Å². The van der Waals surface area contributed by atoms with Crippen LogP contribution in [0.5, 0.6) is 0 Å². The van der Waals surface area contributed by atoms with Crippen LogP contribution in [0.15, 0.2) is 66.4 Å². The van der Waals surface area contributed by atoms with Crippen LogP contribution in [0.4, 0.5) is 5.69 Å². The third kappa shape index (κ3) is 6.67. The number of anilines is 1. The number of aryl methyl sites for hydroxylation is 1. The Labute approximate surface area is 158 Å². The molecule has 2 rings (SSSR count). The molecule has 0 fully saturated rings. The molecule has 0 spiro atoms. The summed E-state index contributed by atoms with van der Waals surface area (Å²) in [6.45, 7) is 0.653. The number of nitrogens with zero attached hydrogens (tertiary/aromatic N) is 1. The van der Waals surface area contributed by atoms with Crippen LogP contribution in [0.2, 0.25) is 0 Å². The lowest BCUT2D eigenvalue weighted by atomic mass is 10.1. The van der Waals surface area contributed by atoms with E-state index in [2.05, 4.69) is 22.8 Å². The number of carboxylic acids is 1. The van der Waals surface area contributed by atoms with Crippen molar-refractivity contribution in [1.29, 1.82) is 5.26 Å². The summed E-state index contributed by atoms with van der Waals surface area (Å²) in [6, 6.07) is 17.9. The molecule has 3 N–H and O–H groups in total. The van der Waals surface area contributed by atoms with Gasteiger partial charge in [-0.25, -0.2) is 4.79 Å². The van der Waals surface area contributed by atoms with E-state index in [1.54, 1.807) is 6.07 Å². The number of hydrogen-bond acceptors (Lipinski definition) is 4. The molecule has 0 saturated heterocycles. The predicted octanol–water partition coefficient (Wildman–Crippen LogP) is 3.34. The first-order chi connectivity index (χ1) is 13.1. The van der Waals surface area contributed by atoms with Crippen LogP contribution < -0.4 is 10.6 Å². The highest BCUT2D eigenvalue weighted by molar-refractivity contribution is 6.06. The minimum Gasteiger partial charge on any atom is -0.478 e. The fourth-order valence-electron chi connectivity index (χ4n) is 2.45. The maximum absolute atomic E-state index is 12.1. The third-order valence-electron chi connectivity index (χ3n) is 3.86. The number of unbranched alkanes of at least 4 members (excludes halogenated alkanes) is 1. The Morgan fingerprint density at radius 2 is 1.85 bits per heavy atom. The number of amides is 1. The molecule has 0 aliphatic rings. The van der Waals surface area contributed by atoms with Crippen LogP contribution in [0.25, 0.3) is 0 Å². The maximum Gasteiger partial charge on any atom is 0.335 e. The van der Waals surface area contributed by atoms with Gasteiger partial charge in [-0.1, -0.05) is 36.4 Å². The molecule has 6 nitrogen and oxygen atoms in total. The second-order valence-electron chi connectivity index (χ2n) is 5.91. The van der Waals surface area contributed by atoms with Crippen molar-refractivity contribution < 1.29 is 14.7 Å². The van der Waals surface area contributed by atoms with Crippen LogP contribution >= 0.6 is 0 Å². The SMILES string of the molecule is N#C/C(=C/NCCCCc1ccccc1)C(=O)Nc1cccc(C(=O)O)c1. The summed E-state index contributed by atoms with van der Waals surface area (Å²) in [7, 11) is 0. The molecule has 0 saturated carbocycles. The van der Waals surface area contributed by atoms with E-state index in [1.807, 2.05) is 24.3 Å². The fraction of sp³-hybridized carbons (Fsp3) is 0.190. The summed E-state index contributed by atoms with van der Waals surface area (Å²) < 4.78 is 0. The number of benzene rings is 2. The average Bonchev–Trinajstić information content (AvgIpc) is 2.68. The number of carboxylic acid groups (broad SMARTS) is 1. The van der Waals surface area contributed by atoms with Gasteiger partial charge in [-0.15, -0.1) is 0 Å². The molecule has 6 heteroatoms. The Balaban J connectivity index is 1.79. The minimum atomic E-state index is -1.08. The lowest BCUT2D eigenvalue weighted by Crippen LogP contribution is -2.17. The average molecular weight is 363 g/mol. The summed E-state index contributed by atoms with van der Waals surface area (Å²) >= 11 is 0. The smallest absolute Gasteiger partial charge is 0.335 e. The molecule has 1 amide bonds. The highest BCUT2D eigenvalue weighted by Gasteiger charge is 2.10. The maximum atomic E-state index is 12.1. The fourth-order valence-corrected chi connectivity index (χ4v) is 2.45. The Morgan fingerprint density at radius 1 is 1.07 bits per heavy atom. The van der Waals surface area contributed by atoms with Crippen molar-refractivity contribution in [2.75, 3.05) is 11.9 Å². The van der Waals surface area contributed by atoms with E-state index in [-0.39, 0.29) is 11.1 Å². The lowest BCUT2D eigenvalue weighted by molar-refractivity contribution is -0.112. The van der Waals surface area contributed by atoms with Gasteiger partial charge in [-0.3, -0.25) is 4.79 Å². The molecular formula is C21H21N3O3. The van der Waals surface area contributed by atoms with Crippen molar-refractivity contribution >= 4 is 17.6 Å². The number of carbonyl (C=O) groups excluding carboxylic acids is 1. The van der Waals surface area contributed by atoms with Crippen LogP contribution in [-0.2, 0) is 11.2 Å². The quantitative estimate of drug-likeness (QED) is 0.360. The zero-order valence-electron chi connectivity index (χ0n) is 14.8. The number of rotatable bonds is 9. The van der Waals surface area contributed by atoms with Gasteiger partial charge in [0.05, 0.1) is 5.56 Å². The monoisotopic (exact) mass is 363 g/mol. The van der Waals surface area contributed by atoms with Crippen molar-refractivity contribution in [3.63, 3.8) is 0 Å².